The first-order chi connectivity index (χ1) is 7.27. The van der Waals surface area contributed by atoms with Crippen LogP contribution in [0, 0.1) is 0 Å². The summed E-state index contributed by atoms with van der Waals surface area (Å²) in [6, 6.07) is 0. The van der Waals surface area contributed by atoms with Crippen LogP contribution in [0.2, 0.25) is 0 Å². The molecule has 1 aliphatic rings. The van der Waals surface area contributed by atoms with E-state index in [0.717, 1.165) is 25.9 Å². The number of aromatic carboxylic acids is 1. The Morgan fingerprint density at radius 2 is 2.53 bits per heavy atom. The molecule has 0 saturated carbocycles. The van der Waals surface area contributed by atoms with Crippen LogP contribution in [0.3, 0.4) is 0 Å². The molecule has 2 rings (SSSR count). The number of aromatic nitrogens is 1. The second kappa shape index (κ2) is 4.44. The third-order valence-corrected chi connectivity index (χ3v) is 2.56. The quantitative estimate of drug-likeness (QED) is 0.816. The SMILES string of the molecule is O=C(O)c1ncoc1CCC1CCCO1. The molecule has 0 bridgehead atoms. The second-order valence-corrected chi connectivity index (χ2v) is 3.60. The van der Waals surface area contributed by atoms with Gasteiger partial charge in [0.05, 0.1) is 6.10 Å². The molecule has 1 aliphatic heterocycles. The summed E-state index contributed by atoms with van der Waals surface area (Å²) >= 11 is 0. The number of hydrogen-bond acceptors (Lipinski definition) is 4. The van der Waals surface area contributed by atoms with Crippen molar-refractivity contribution in [1.29, 1.82) is 0 Å². The van der Waals surface area contributed by atoms with Gasteiger partial charge in [-0.05, 0) is 19.3 Å². The van der Waals surface area contributed by atoms with Gasteiger partial charge in [0, 0.05) is 13.0 Å². The molecule has 1 aromatic heterocycles. The number of carbonyl (C=O) groups is 1. The Morgan fingerprint density at radius 1 is 1.67 bits per heavy atom. The van der Waals surface area contributed by atoms with Crippen LogP contribution in [-0.4, -0.2) is 28.8 Å². The van der Waals surface area contributed by atoms with Crippen LogP contribution < -0.4 is 0 Å². The number of rotatable bonds is 4. The van der Waals surface area contributed by atoms with Gasteiger partial charge >= 0.3 is 5.97 Å². The summed E-state index contributed by atoms with van der Waals surface area (Å²) in [5, 5.41) is 8.79. The van der Waals surface area contributed by atoms with Crippen molar-refractivity contribution in [2.24, 2.45) is 0 Å². The molecule has 5 nitrogen and oxygen atoms in total. The third-order valence-electron chi connectivity index (χ3n) is 2.56. The van der Waals surface area contributed by atoms with E-state index in [4.69, 9.17) is 14.3 Å². The zero-order valence-corrected chi connectivity index (χ0v) is 8.31. The minimum Gasteiger partial charge on any atom is -0.476 e. The fourth-order valence-corrected chi connectivity index (χ4v) is 1.79. The van der Waals surface area contributed by atoms with Crippen molar-refractivity contribution in [2.45, 2.75) is 31.8 Å². The minimum absolute atomic E-state index is 0.0213. The zero-order chi connectivity index (χ0) is 10.7. The lowest BCUT2D eigenvalue weighted by Gasteiger charge is -2.06. The smallest absolute Gasteiger partial charge is 0.358 e. The van der Waals surface area contributed by atoms with Crippen LogP contribution in [0.15, 0.2) is 10.8 Å². The van der Waals surface area contributed by atoms with Crippen LogP contribution in [0.4, 0.5) is 0 Å². The van der Waals surface area contributed by atoms with E-state index in [-0.39, 0.29) is 11.8 Å². The number of aryl methyl sites for hydroxylation is 1. The van der Waals surface area contributed by atoms with Crippen molar-refractivity contribution < 1.29 is 19.1 Å². The summed E-state index contributed by atoms with van der Waals surface area (Å²) < 4.78 is 10.5. The third kappa shape index (κ3) is 2.36. The van der Waals surface area contributed by atoms with E-state index in [0.29, 0.717) is 12.2 Å². The van der Waals surface area contributed by atoms with Crippen LogP contribution in [0.1, 0.15) is 35.5 Å². The lowest BCUT2D eigenvalue weighted by atomic mass is 10.1. The largest absolute Gasteiger partial charge is 0.476 e. The maximum absolute atomic E-state index is 10.7. The number of hydrogen-bond donors (Lipinski definition) is 1. The molecule has 0 spiro atoms. The highest BCUT2D eigenvalue weighted by Gasteiger charge is 2.19. The average molecular weight is 211 g/mol. The first-order valence-electron chi connectivity index (χ1n) is 5.04. The summed E-state index contributed by atoms with van der Waals surface area (Å²) in [5.41, 5.74) is 0.0213. The van der Waals surface area contributed by atoms with E-state index in [1.54, 1.807) is 0 Å². The molecule has 0 aromatic carbocycles. The molecular formula is C10H13NO4. The highest BCUT2D eigenvalue weighted by molar-refractivity contribution is 5.86. The number of nitrogens with zero attached hydrogens (tertiary/aromatic N) is 1. The van der Waals surface area contributed by atoms with Gasteiger partial charge < -0.3 is 14.3 Å². The Kier molecular flexibility index (Phi) is 3.01. The molecule has 1 aromatic rings. The molecule has 82 valence electrons. The average Bonchev–Trinajstić information content (AvgIpc) is 2.86. The summed E-state index contributed by atoms with van der Waals surface area (Å²) in [5.74, 6) is -0.593. The Labute approximate surface area is 87.1 Å². The lowest BCUT2D eigenvalue weighted by molar-refractivity contribution is 0.0687. The maximum Gasteiger partial charge on any atom is 0.358 e. The number of carboxylic acid groups (broad SMARTS) is 1. The van der Waals surface area contributed by atoms with Crippen molar-refractivity contribution >= 4 is 5.97 Å². The molecule has 5 heteroatoms. The molecular weight excluding hydrogens is 198 g/mol. The minimum atomic E-state index is -1.04. The molecule has 1 atom stereocenters. The molecule has 1 saturated heterocycles. The topological polar surface area (TPSA) is 72.6 Å². The molecule has 0 aliphatic carbocycles. The zero-order valence-electron chi connectivity index (χ0n) is 8.31. The van der Waals surface area contributed by atoms with Crippen LogP contribution in [-0.2, 0) is 11.2 Å². The van der Waals surface area contributed by atoms with Crippen LogP contribution in [0.25, 0.3) is 0 Å². The first-order valence-corrected chi connectivity index (χ1v) is 5.04. The summed E-state index contributed by atoms with van der Waals surface area (Å²) in [6.07, 6.45) is 4.94. The maximum atomic E-state index is 10.7. The van der Waals surface area contributed by atoms with Gasteiger partial charge in [0.2, 0.25) is 0 Å². The number of ether oxygens (including phenoxy) is 1. The Balaban J connectivity index is 1.92. The molecule has 2 heterocycles. The van der Waals surface area contributed by atoms with Crippen LogP contribution in [0.5, 0.6) is 0 Å². The van der Waals surface area contributed by atoms with Gasteiger partial charge in [0.15, 0.2) is 12.1 Å². The molecule has 0 amide bonds. The highest BCUT2D eigenvalue weighted by atomic mass is 16.5. The molecule has 1 fully saturated rings. The number of carboxylic acids is 1. The highest BCUT2D eigenvalue weighted by Crippen LogP contribution is 2.19. The summed E-state index contributed by atoms with van der Waals surface area (Å²) in [6.45, 7) is 0.812. The molecule has 1 unspecified atom stereocenters. The monoisotopic (exact) mass is 211 g/mol. The predicted octanol–water partition coefficient (Wildman–Crippen LogP) is 1.48. The van der Waals surface area contributed by atoms with Gasteiger partial charge in [0.25, 0.3) is 0 Å². The van der Waals surface area contributed by atoms with Gasteiger partial charge in [-0.15, -0.1) is 0 Å². The normalized spacial score (nSPS) is 20.7. The van der Waals surface area contributed by atoms with Gasteiger partial charge in [-0.2, -0.15) is 0 Å². The standard InChI is InChI=1S/C10H13NO4/c12-10(13)9-8(15-6-11-9)4-3-7-2-1-5-14-7/h6-7H,1-5H2,(H,12,13). The van der Waals surface area contributed by atoms with Crippen LogP contribution >= 0.6 is 0 Å². The fourth-order valence-electron chi connectivity index (χ4n) is 1.79. The molecule has 1 N–H and O–H groups in total. The van der Waals surface area contributed by atoms with E-state index in [1.807, 2.05) is 0 Å². The Hall–Kier alpha value is -1.36. The van der Waals surface area contributed by atoms with Gasteiger partial charge in [-0.1, -0.05) is 0 Å². The van der Waals surface area contributed by atoms with Crippen molar-refractivity contribution in [2.75, 3.05) is 6.61 Å². The molecule has 0 radical (unpaired) electrons. The molecule has 15 heavy (non-hydrogen) atoms. The predicted molar refractivity (Wildman–Crippen MR) is 50.8 cm³/mol. The number of oxazole rings is 1. The van der Waals surface area contributed by atoms with Crippen molar-refractivity contribution in [3.8, 4) is 0 Å². The van der Waals surface area contributed by atoms with E-state index in [2.05, 4.69) is 4.98 Å². The fraction of sp³-hybridized carbons (Fsp3) is 0.600. The van der Waals surface area contributed by atoms with Crippen molar-refractivity contribution in [3.63, 3.8) is 0 Å². The Morgan fingerprint density at radius 3 is 3.20 bits per heavy atom. The van der Waals surface area contributed by atoms with E-state index in [1.165, 1.54) is 6.39 Å². The van der Waals surface area contributed by atoms with Crippen molar-refractivity contribution in [1.82, 2.24) is 4.98 Å². The van der Waals surface area contributed by atoms with Gasteiger partial charge in [0.1, 0.15) is 5.76 Å². The first kappa shape index (κ1) is 10.2. The lowest BCUT2D eigenvalue weighted by Crippen LogP contribution is -2.08. The summed E-state index contributed by atoms with van der Waals surface area (Å²) in [4.78, 5) is 14.4. The van der Waals surface area contributed by atoms with E-state index >= 15 is 0 Å². The van der Waals surface area contributed by atoms with Gasteiger partial charge in [-0.25, -0.2) is 9.78 Å². The van der Waals surface area contributed by atoms with E-state index < -0.39 is 5.97 Å². The summed E-state index contributed by atoms with van der Waals surface area (Å²) in [7, 11) is 0. The van der Waals surface area contributed by atoms with E-state index in [9.17, 15) is 4.79 Å². The van der Waals surface area contributed by atoms with Gasteiger partial charge in [-0.3, -0.25) is 0 Å². The second-order valence-electron chi connectivity index (χ2n) is 3.60. The van der Waals surface area contributed by atoms with Crippen molar-refractivity contribution in [3.05, 3.63) is 17.8 Å². The Bertz CT molecular complexity index is 341.